The lowest BCUT2D eigenvalue weighted by Gasteiger charge is -2.22. The number of hydrogen-bond donors (Lipinski definition) is 1. The molecule has 1 saturated heterocycles. The Morgan fingerprint density at radius 3 is 2.75 bits per heavy atom. The van der Waals surface area contributed by atoms with Crippen LogP contribution in [0.3, 0.4) is 0 Å². The van der Waals surface area contributed by atoms with Gasteiger partial charge in [0.15, 0.2) is 0 Å². The molecule has 1 rings (SSSR count). The average molecular weight is 224 g/mol. The van der Waals surface area contributed by atoms with Crippen molar-refractivity contribution in [2.24, 2.45) is 0 Å². The zero-order chi connectivity index (χ0) is 12.1. The van der Waals surface area contributed by atoms with Crippen LogP contribution < -0.4 is 5.32 Å². The molecule has 0 bridgehead atoms. The summed E-state index contributed by atoms with van der Waals surface area (Å²) in [6.45, 7) is 10.9. The van der Waals surface area contributed by atoms with Crippen molar-refractivity contribution in [1.82, 2.24) is 10.2 Å². The highest BCUT2D eigenvalue weighted by Gasteiger charge is 2.31. The first kappa shape index (κ1) is 13.2. The molecule has 92 valence electrons. The van der Waals surface area contributed by atoms with Crippen molar-refractivity contribution in [3.63, 3.8) is 0 Å². The van der Waals surface area contributed by atoms with E-state index in [1.807, 2.05) is 11.0 Å². The van der Waals surface area contributed by atoms with Crippen LogP contribution in [-0.2, 0) is 4.79 Å². The second-order valence-electron chi connectivity index (χ2n) is 4.97. The number of carbonyl (C=O) groups is 1. The molecule has 0 saturated carbocycles. The van der Waals surface area contributed by atoms with Gasteiger partial charge in [0.05, 0.1) is 0 Å². The van der Waals surface area contributed by atoms with E-state index >= 15 is 0 Å². The molecule has 1 heterocycles. The zero-order valence-electron chi connectivity index (χ0n) is 10.7. The number of amides is 1. The maximum atomic E-state index is 11.7. The van der Waals surface area contributed by atoms with Crippen molar-refractivity contribution in [3.05, 3.63) is 12.7 Å². The van der Waals surface area contributed by atoms with Crippen molar-refractivity contribution in [3.8, 4) is 0 Å². The summed E-state index contributed by atoms with van der Waals surface area (Å²) < 4.78 is 0. The first-order valence-electron chi connectivity index (χ1n) is 6.21. The molecule has 3 heteroatoms. The summed E-state index contributed by atoms with van der Waals surface area (Å²) in [5.74, 6) is 0.281. The lowest BCUT2D eigenvalue weighted by atomic mass is 10.1. The van der Waals surface area contributed by atoms with E-state index < -0.39 is 0 Å². The van der Waals surface area contributed by atoms with Gasteiger partial charge in [-0.2, -0.15) is 0 Å². The molecule has 0 aromatic carbocycles. The third kappa shape index (κ3) is 3.63. The molecular weight excluding hydrogens is 200 g/mol. The summed E-state index contributed by atoms with van der Waals surface area (Å²) in [7, 11) is 0. The summed E-state index contributed by atoms with van der Waals surface area (Å²) in [6.07, 6.45) is 4.72. The van der Waals surface area contributed by atoms with Crippen LogP contribution in [0, 0.1) is 0 Å². The van der Waals surface area contributed by atoms with Crippen molar-refractivity contribution in [1.29, 1.82) is 0 Å². The Morgan fingerprint density at radius 2 is 2.25 bits per heavy atom. The van der Waals surface area contributed by atoms with Gasteiger partial charge in [0.25, 0.3) is 0 Å². The summed E-state index contributed by atoms with van der Waals surface area (Å²) in [5, 5.41) is 3.52. The minimum absolute atomic E-state index is 0.281. The van der Waals surface area contributed by atoms with E-state index in [1.165, 1.54) is 0 Å². The van der Waals surface area contributed by atoms with E-state index in [1.54, 1.807) is 0 Å². The number of nitrogens with one attached hydrogen (secondary N) is 1. The van der Waals surface area contributed by atoms with Crippen LogP contribution >= 0.6 is 0 Å². The Bertz CT molecular complexity index is 250. The third-order valence-corrected chi connectivity index (χ3v) is 3.11. The van der Waals surface area contributed by atoms with Gasteiger partial charge in [-0.1, -0.05) is 6.08 Å². The van der Waals surface area contributed by atoms with Crippen LogP contribution in [0.25, 0.3) is 0 Å². The van der Waals surface area contributed by atoms with Gasteiger partial charge in [0.2, 0.25) is 5.91 Å². The molecular formula is C13H24N2O. The van der Waals surface area contributed by atoms with Gasteiger partial charge in [0, 0.05) is 31.1 Å². The Hall–Kier alpha value is -0.830. The fraction of sp³-hybridized carbons (Fsp3) is 0.769. The quantitative estimate of drug-likeness (QED) is 0.699. The van der Waals surface area contributed by atoms with Gasteiger partial charge in [-0.05, 0) is 33.6 Å². The van der Waals surface area contributed by atoms with Crippen LogP contribution in [0.5, 0.6) is 0 Å². The van der Waals surface area contributed by atoms with E-state index in [9.17, 15) is 4.79 Å². The topological polar surface area (TPSA) is 32.3 Å². The van der Waals surface area contributed by atoms with E-state index in [4.69, 9.17) is 0 Å². The number of hydrogen-bond acceptors (Lipinski definition) is 2. The van der Waals surface area contributed by atoms with Crippen LogP contribution in [0.4, 0.5) is 0 Å². The molecule has 1 N–H and O–H groups in total. The van der Waals surface area contributed by atoms with E-state index in [2.05, 4.69) is 32.7 Å². The molecule has 2 atom stereocenters. The molecule has 0 aromatic heterocycles. The van der Waals surface area contributed by atoms with Crippen LogP contribution in [0.15, 0.2) is 12.7 Å². The highest BCUT2D eigenvalue weighted by molar-refractivity contribution is 5.79. The highest BCUT2D eigenvalue weighted by Crippen LogP contribution is 2.15. The number of rotatable bonds is 6. The molecule has 1 aliphatic rings. The average Bonchev–Trinajstić information content (AvgIpc) is 2.56. The summed E-state index contributed by atoms with van der Waals surface area (Å²) in [6, 6.07) is 1.11. The van der Waals surface area contributed by atoms with Crippen LogP contribution in [-0.4, -0.2) is 35.5 Å². The molecule has 0 radical (unpaired) electrons. The Kier molecular flexibility index (Phi) is 5.00. The number of carbonyl (C=O) groups excluding carboxylic acids is 1. The molecule has 2 unspecified atom stereocenters. The first-order chi connectivity index (χ1) is 7.54. The predicted molar refractivity (Wildman–Crippen MR) is 67.3 cm³/mol. The van der Waals surface area contributed by atoms with Gasteiger partial charge < -0.3 is 10.2 Å². The Morgan fingerprint density at radius 1 is 1.56 bits per heavy atom. The SMILES string of the molecule is C=CCCC(C)NC1CC(=O)N(C(C)C)C1. The standard InChI is InChI=1S/C13H24N2O/c1-5-6-7-11(4)14-12-8-13(16)15(9-12)10(2)3/h5,10-12,14H,1,6-9H2,2-4H3. The molecule has 1 fully saturated rings. The molecule has 1 aliphatic heterocycles. The van der Waals surface area contributed by atoms with Crippen molar-refractivity contribution < 1.29 is 4.79 Å². The summed E-state index contributed by atoms with van der Waals surface area (Å²) in [5.41, 5.74) is 0. The fourth-order valence-corrected chi connectivity index (χ4v) is 2.20. The van der Waals surface area contributed by atoms with E-state index in [0.717, 1.165) is 19.4 Å². The lowest BCUT2D eigenvalue weighted by Crippen LogP contribution is -2.39. The minimum atomic E-state index is 0.281. The summed E-state index contributed by atoms with van der Waals surface area (Å²) in [4.78, 5) is 13.6. The molecule has 1 amide bonds. The Balaban J connectivity index is 2.35. The van der Waals surface area contributed by atoms with Crippen LogP contribution in [0.1, 0.15) is 40.0 Å². The van der Waals surface area contributed by atoms with Gasteiger partial charge in [-0.3, -0.25) is 4.79 Å². The van der Waals surface area contributed by atoms with Crippen molar-refractivity contribution >= 4 is 5.91 Å². The van der Waals surface area contributed by atoms with Crippen LogP contribution in [0.2, 0.25) is 0 Å². The van der Waals surface area contributed by atoms with E-state index in [0.29, 0.717) is 24.5 Å². The Labute approximate surface area is 98.9 Å². The largest absolute Gasteiger partial charge is 0.339 e. The maximum Gasteiger partial charge on any atom is 0.224 e. The highest BCUT2D eigenvalue weighted by atomic mass is 16.2. The fourth-order valence-electron chi connectivity index (χ4n) is 2.20. The first-order valence-corrected chi connectivity index (χ1v) is 6.21. The van der Waals surface area contributed by atoms with Gasteiger partial charge in [-0.15, -0.1) is 6.58 Å². The molecule has 0 aromatic rings. The third-order valence-electron chi connectivity index (χ3n) is 3.11. The molecule has 0 spiro atoms. The van der Waals surface area contributed by atoms with Gasteiger partial charge in [-0.25, -0.2) is 0 Å². The number of nitrogens with zero attached hydrogens (tertiary/aromatic N) is 1. The molecule has 16 heavy (non-hydrogen) atoms. The molecule has 3 nitrogen and oxygen atoms in total. The van der Waals surface area contributed by atoms with Gasteiger partial charge in [0.1, 0.15) is 0 Å². The van der Waals surface area contributed by atoms with E-state index in [-0.39, 0.29) is 5.91 Å². The smallest absolute Gasteiger partial charge is 0.224 e. The van der Waals surface area contributed by atoms with Crippen molar-refractivity contribution in [2.45, 2.75) is 58.2 Å². The number of allylic oxidation sites excluding steroid dienone is 1. The van der Waals surface area contributed by atoms with Crippen molar-refractivity contribution in [2.75, 3.05) is 6.54 Å². The number of likely N-dealkylation sites (tertiary alicyclic amines) is 1. The van der Waals surface area contributed by atoms with Gasteiger partial charge >= 0.3 is 0 Å². The normalized spacial score (nSPS) is 22.9. The monoisotopic (exact) mass is 224 g/mol. The second kappa shape index (κ2) is 6.04. The maximum absolute atomic E-state index is 11.7. The second-order valence-corrected chi connectivity index (χ2v) is 4.97. The minimum Gasteiger partial charge on any atom is -0.339 e. The zero-order valence-corrected chi connectivity index (χ0v) is 10.7. The lowest BCUT2D eigenvalue weighted by molar-refractivity contribution is -0.129. The predicted octanol–water partition coefficient (Wildman–Crippen LogP) is 1.94. The summed E-state index contributed by atoms with van der Waals surface area (Å²) >= 11 is 0. The molecule has 0 aliphatic carbocycles.